The Balaban J connectivity index is 2.04. The van der Waals surface area contributed by atoms with Gasteiger partial charge in [-0.2, -0.15) is 5.26 Å². The van der Waals surface area contributed by atoms with Gasteiger partial charge in [0.1, 0.15) is 18.5 Å². The molecule has 2 atom stereocenters. The number of hydrogen-bond acceptors (Lipinski definition) is 4. The maximum absolute atomic E-state index is 8.95. The smallest absolute Gasteiger partial charge is 0.124 e. The number of nitrogens with zero attached hydrogens (tertiary/aromatic N) is 1. The van der Waals surface area contributed by atoms with E-state index < -0.39 is 5.41 Å². The third kappa shape index (κ3) is 2.63. The van der Waals surface area contributed by atoms with E-state index in [1.54, 1.807) is 0 Å². The molecule has 18 heavy (non-hydrogen) atoms. The van der Waals surface area contributed by atoms with Gasteiger partial charge in [-0.1, -0.05) is 18.2 Å². The fourth-order valence-corrected chi connectivity index (χ4v) is 1.86. The molecule has 0 unspecified atom stereocenters. The zero-order valence-electron chi connectivity index (χ0n) is 10.7. The summed E-state index contributed by atoms with van der Waals surface area (Å²) >= 11 is 0. The van der Waals surface area contributed by atoms with Crippen molar-refractivity contribution >= 4 is 0 Å². The molecular formula is C14H18N2O2. The van der Waals surface area contributed by atoms with Gasteiger partial charge >= 0.3 is 0 Å². The summed E-state index contributed by atoms with van der Waals surface area (Å²) < 4.78 is 11.4. The van der Waals surface area contributed by atoms with Crippen LogP contribution in [0.3, 0.4) is 0 Å². The summed E-state index contributed by atoms with van der Waals surface area (Å²) in [6.07, 6.45) is -0.201. The summed E-state index contributed by atoms with van der Waals surface area (Å²) in [7, 11) is 0. The van der Waals surface area contributed by atoms with Crippen molar-refractivity contribution in [3.63, 3.8) is 0 Å². The third-order valence-electron chi connectivity index (χ3n) is 3.04. The minimum Gasteiger partial charge on any atom is -0.490 e. The van der Waals surface area contributed by atoms with Gasteiger partial charge in [0.05, 0.1) is 24.1 Å². The van der Waals surface area contributed by atoms with E-state index in [0.29, 0.717) is 13.2 Å². The lowest BCUT2D eigenvalue weighted by molar-refractivity contribution is -0.0290. The largest absolute Gasteiger partial charge is 0.490 e. The molecule has 0 aliphatic carbocycles. The zero-order chi connectivity index (χ0) is 13.2. The molecule has 1 aliphatic rings. The van der Waals surface area contributed by atoms with Gasteiger partial charge in [0.15, 0.2) is 0 Å². The Hall–Kier alpha value is -1.57. The molecule has 2 rings (SSSR count). The van der Waals surface area contributed by atoms with Gasteiger partial charge in [-0.3, -0.25) is 0 Å². The fraction of sp³-hybridized carbons (Fsp3) is 0.500. The predicted molar refractivity (Wildman–Crippen MR) is 68.0 cm³/mol. The van der Waals surface area contributed by atoms with Crippen molar-refractivity contribution in [1.82, 2.24) is 0 Å². The summed E-state index contributed by atoms with van der Waals surface area (Å²) in [6, 6.07) is 9.72. The predicted octanol–water partition coefficient (Wildman–Crippen LogP) is 2.01. The first-order valence-corrected chi connectivity index (χ1v) is 6.04. The fourth-order valence-electron chi connectivity index (χ4n) is 1.86. The van der Waals surface area contributed by atoms with E-state index >= 15 is 0 Å². The van der Waals surface area contributed by atoms with Crippen molar-refractivity contribution in [2.75, 3.05) is 13.2 Å². The molecule has 0 fully saturated rings. The molecule has 2 N–H and O–H groups in total. The summed E-state index contributed by atoms with van der Waals surface area (Å²) in [5.41, 5.74) is 6.63. The Morgan fingerprint density at radius 1 is 1.50 bits per heavy atom. The van der Waals surface area contributed by atoms with E-state index in [9.17, 15) is 0 Å². The first kappa shape index (κ1) is 12.9. The topological polar surface area (TPSA) is 68.3 Å². The molecule has 0 bridgehead atoms. The van der Waals surface area contributed by atoms with Crippen LogP contribution in [0.2, 0.25) is 0 Å². The van der Waals surface area contributed by atoms with E-state index in [1.807, 2.05) is 38.1 Å². The number of benzene rings is 1. The second-order valence-corrected chi connectivity index (χ2v) is 5.22. The van der Waals surface area contributed by atoms with E-state index in [2.05, 4.69) is 6.07 Å². The second kappa shape index (κ2) is 4.97. The Bertz CT molecular complexity index is 465. The number of hydrogen-bond donors (Lipinski definition) is 1. The molecule has 1 aromatic carbocycles. The van der Waals surface area contributed by atoms with Crippen molar-refractivity contribution in [1.29, 1.82) is 5.26 Å². The quantitative estimate of drug-likeness (QED) is 0.885. The molecule has 4 heteroatoms. The molecule has 0 saturated heterocycles. The standard InChI is InChI=1S/C14H18N2O2/c1-14(2,8-15)9-18-12-7-17-11-6-4-3-5-10(11)13(12)16/h3-6,12-13H,7,9,16H2,1-2H3/t12-,13-/m1/s1. The van der Waals surface area contributed by atoms with Gasteiger partial charge < -0.3 is 15.2 Å². The minimum absolute atomic E-state index is 0.201. The molecule has 1 heterocycles. The van der Waals surface area contributed by atoms with E-state index in [-0.39, 0.29) is 12.1 Å². The summed E-state index contributed by atoms with van der Waals surface area (Å²) in [4.78, 5) is 0. The average molecular weight is 246 g/mol. The Labute approximate surface area is 107 Å². The van der Waals surface area contributed by atoms with Crippen molar-refractivity contribution < 1.29 is 9.47 Å². The van der Waals surface area contributed by atoms with Gasteiger partial charge in [0.2, 0.25) is 0 Å². The number of rotatable bonds is 3. The van der Waals surface area contributed by atoms with E-state index in [4.69, 9.17) is 20.5 Å². The SMILES string of the molecule is CC(C)(C#N)CO[C@@H]1COc2ccccc2[C@H]1N. The number of nitriles is 1. The summed E-state index contributed by atoms with van der Waals surface area (Å²) in [5, 5.41) is 8.95. The lowest BCUT2D eigenvalue weighted by Gasteiger charge is -2.32. The van der Waals surface area contributed by atoms with Crippen molar-refractivity contribution in [2.24, 2.45) is 11.1 Å². The lowest BCUT2D eigenvalue weighted by Crippen LogP contribution is -2.39. The van der Waals surface area contributed by atoms with Gasteiger partial charge in [-0.15, -0.1) is 0 Å². The Kier molecular flexibility index (Phi) is 3.55. The average Bonchev–Trinajstić information content (AvgIpc) is 2.38. The highest BCUT2D eigenvalue weighted by molar-refractivity contribution is 5.38. The highest BCUT2D eigenvalue weighted by Crippen LogP contribution is 2.32. The van der Waals surface area contributed by atoms with E-state index in [1.165, 1.54) is 0 Å². The number of fused-ring (bicyclic) bond motifs is 1. The maximum Gasteiger partial charge on any atom is 0.124 e. The van der Waals surface area contributed by atoms with Crippen LogP contribution in [0.5, 0.6) is 5.75 Å². The van der Waals surface area contributed by atoms with Crippen LogP contribution in [0.15, 0.2) is 24.3 Å². The van der Waals surface area contributed by atoms with Gasteiger partial charge in [-0.25, -0.2) is 0 Å². The molecule has 1 aliphatic heterocycles. The molecule has 0 saturated carbocycles. The zero-order valence-corrected chi connectivity index (χ0v) is 10.7. The van der Waals surface area contributed by atoms with Crippen LogP contribution in [0, 0.1) is 16.7 Å². The highest BCUT2D eigenvalue weighted by Gasteiger charge is 2.30. The van der Waals surface area contributed by atoms with Crippen LogP contribution >= 0.6 is 0 Å². The molecule has 1 aromatic rings. The third-order valence-corrected chi connectivity index (χ3v) is 3.04. The molecule has 96 valence electrons. The normalized spacial score (nSPS) is 22.8. The number of nitrogens with two attached hydrogens (primary N) is 1. The second-order valence-electron chi connectivity index (χ2n) is 5.22. The van der Waals surface area contributed by atoms with Crippen LogP contribution in [0.4, 0.5) is 0 Å². The van der Waals surface area contributed by atoms with Crippen LogP contribution in [-0.2, 0) is 4.74 Å². The van der Waals surface area contributed by atoms with Gasteiger partial charge in [0.25, 0.3) is 0 Å². The van der Waals surface area contributed by atoms with E-state index in [0.717, 1.165) is 11.3 Å². The molecule has 0 aromatic heterocycles. The first-order chi connectivity index (χ1) is 8.53. The van der Waals surface area contributed by atoms with Crippen LogP contribution < -0.4 is 10.5 Å². The Morgan fingerprint density at radius 3 is 2.94 bits per heavy atom. The van der Waals surface area contributed by atoms with Crippen LogP contribution in [-0.4, -0.2) is 19.3 Å². The Morgan fingerprint density at radius 2 is 2.22 bits per heavy atom. The summed E-state index contributed by atoms with van der Waals surface area (Å²) in [5.74, 6) is 0.824. The van der Waals surface area contributed by atoms with Crippen molar-refractivity contribution in [2.45, 2.75) is 26.0 Å². The first-order valence-electron chi connectivity index (χ1n) is 6.04. The van der Waals surface area contributed by atoms with Crippen molar-refractivity contribution in [3.8, 4) is 11.8 Å². The number of ether oxygens (including phenoxy) is 2. The summed E-state index contributed by atoms with van der Waals surface area (Å²) in [6.45, 7) is 4.47. The lowest BCUT2D eigenvalue weighted by atomic mass is 9.96. The van der Waals surface area contributed by atoms with Crippen LogP contribution in [0.25, 0.3) is 0 Å². The van der Waals surface area contributed by atoms with Crippen molar-refractivity contribution in [3.05, 3.63) is 29.8 Å². The molecular weight excluding hydrogens is 228 g/mol. The molecule has 0 spiro atoms. The molecule has 0 radical (unpaired) electrons. The minimum atomic E-state index is -0.503. The van der Waals surface area contributed by atoms with Gasteiger partial charge in [-0.05, 0) is 19.9 Å². The van der Waals surface area contributed by atoms with Gasteiger partial charge in [0, 0.05) is 5.56 Å². The number of para-hydroxylation sites is 1. The molecule has 4 nitrogen and oxygen atoms in total. The monoisotopic (exact) mass is 246 g/mol. The van der Waals surface area contributed by atoms with Crippen LogP contribution in [0.1, 0.15) is 25.5 Å². The molecule has 0 amide bonds. The maximum atomic E-state index is 8.95. The highest BCUT2D eigenvalue weighted by atomic mass is 16.5.